The number of phenols is 1. The lowest BCUT2D eigenvalue weighted by Gasteiger charge is -2.34. The van der Waals surface area contributed by atoms with Crippen LogP contribution >= 0.6 is 0 Å². The quantitative estimate of drug-likeness (QED) is 0.234. The van der Waals surface area contributed by atoms with Crippen molar-refractivity contribution >= 4 is 0 Å². The van der Waals surface area contributed by atoms with Crippen LogP contribution in [0.3, 0.4) is 0 Å². The molecule has 0 saturated carbocycles. The molecule has 7 nitrogen and oxygen atoms in total. The largest absolute Gasteiger partial charge is 0.504 e. The number of benzene rings is 4. The van der Waals surface area contributed by atoms with Gasteiger partial charge in [0.1, 0.15) is 5.75 Å². The summed E-state index contributed by atoms with van der Waals surface area (Å²) in [4.78, 5) is 0. The maximum Gasteiger partial charge on any atom is 0.212 e. The molecule has 2 atom stereocenters. The first-order valence-corrected chi connectivity index (χ1v) is 13.9. The minimum absolute atomic E-state index is 0.0481. The van der Waals surface area contributed by atoms with Crippen molar-refractivity contribution < 1.29 is 24.1 Å². The normalized spacial score (nSPS) is 20.0. The van der Waals surface area contributed by atoms with Crippen molar-refractivity contribution in [2.24, 2.45) is 0 Å². The van der Waals surface area contributed by atoms with E-state index in [1.807, 2.05) is 24.3 Å². The Kier molecular flexibility index (Phi) is 5.43. The molecule has 0 amide bonds. The number of aromatic hydroxyl groups is 1. The predicted molar refractivity (Wildman–Crippen MR) is 151 cm³/mol. The van der Waals surface area contributed by atoms with E-state index in [2.05, 4.69) is 41.0 Å². The van der Waals surface area contributed by atoms with Crippen LogP contribution in [0.15, 0.2) is 60.7 Å². The highest BCUT2D eigenvalue weighted by Crippen LogP contribution is 2.55. The Morgan fingerprint density at radius 2 is 1.45 bits per heavy atom. The first-order valence-electron chi connectivity index (χ1n) is 13.9. The van der Waals surface area contributed by atoms with E-state index in [0.717, 1.165) is 67.1 Å². The fraction of sp³-hybridized carbons (Fsp3) is 0.273. The summed E-state index contributed by atoms with van der Waals surface area (Å²) in [5.41, 5.74) is 7.03. The van der Waals surface area contributed by atoms with Gasteiger partial charge in [0, 0.05) is 17.6 Å². The molecule has 40 heavy (non-hydrogen) atoms. The van der Waals surface area contributed by atoms with Gasteiger partial charge in [-0.3, -0.25) is 0 Å². The lowest BCUT2D eigenvalue weighted by Crippen LogP contribution is -2.32. The van der Waals surface area contributed by atoms with E-state index in [-0.39, 0.29) is 17.8 Å². The number of hydrogen-bond donors (Lipinski definition) is 3. The van der Waals surface area contributed by atoms with Crippen LogP contribution in [0, 0.1) is 0 Å². The average Bonchev–Trinajstić information content (AvgIpc) is 2.97. The second-order valence-electron chi connectivity index (χ2n) is 11.0. The summed E-state index contributed by atoms with van der Waals surface area (Å²) in [7, 11) is 1.69. The zero-order chi connectivity index (χ0) is 26.8. The number of rotatable bonds is 1. The third-order valence-electron chi connectivity index (χ3n) is 8.52. The van der Waals surface area contributed by atoms with Crippen molar-refractivity contribution in [3.05, 3.63) is 94.0 Å². The summed E-state index contributed by atoms with van der Waals surface area (Å²) in [6.45, 7) is 1.74. The summed E-state index contributed by atoms with van der Waals surface area (Å²) < 4.78 is 25.3. The molecule has 0 spiro atoms. The van der Waals surface area contributed by atoms with E-state index in [9.17, 15) is 5.11 Å². The molecule has 9 rings (SSSR count). The van der Waals surface area contributed by atoms with Gasteiger partial charge in [0.25, 0.3) is 0 Å². The highest BCUT2D eigenvalue weighted by Gasteiger charge is 2.35. The fourth-order valence-electron chi connectivity index (χ4n) is 6.55. The van der Waals surface area contributed by atoms with Crippen LogP contribution in [0.25, 0.3) is 0 Å². The molecule has 3 N–H and O–H groups in total. The first-order chi connectivity index (χ1) is 19.6. The lowest BCUT2D eigenvalue weighted by molar-refractivity contribution is 0.318. The molecule has 0 unspecified atom stereocenters. The summed E-state index contributed by atoms with van der Waals surface area (Å²) in [5.74, 6) is 4.79. The summed E-state index contributed by atoms with van der Waals surface area (Å²) in [5, 5.41) is 17.9. The van der Waals surface area contributed by atoms with Crippen molar-refractivity contribution in [3.63, 3.8) is 0 Å². The van der Waals surface area contributed by atoms with Gasteiger partial charge >= 0.3 is 0 Å². The number of hydrogen-bond acceptors (Lipinski definition) is 7. The molecule has 202 valence electrons. The Balaban J connectivity index is 1.31. The van der Waals surface area contributed by atoms with Gasteiger partial charge in [0.2, 0.25) is 5.75 Å². The van der Waals surface area contributed by atoms with Crippen molar-refractivity contribution in [2.75, 3.05) is 20.2 Å². The molecule has 0 aromatic heterocycles. The average molecular weight is 535 g/mol. The Hall–Kier alpha value is -4.20. The second kappa shape index (κ2) is 9.18. The van der Waals surface area contributed by atoms with Gasteiger partial charge in [-0.2, -0.15) is 0 Å². The second-order valence-corrected chi connectivity index (χ2v) is 11.0. The molecular weight excluding hydrogens is 504 g/mol. The van der Waals surface area contributed by atoms with Gasteiger partial charge in [0.15, 0.2) is 34.5 Å². The van der Waals surface area contributed by atoms with Gasteiger partial charge in [-0.25, -0.2) is 0 Å². The molecule has 0 radical (unpaired) electrons. The smallest absolute Gasteiger partial charge is 0.212 e. The molecule has 5 aliphatic heterocycles. The molecule has 0 saturated heterocycles. The monoisotopic (exact) mass is 534 g/mol. The van der Waals surface area contributed by atoms with E-state index in [1.54, 1.807) is 13.2 Å². The van der Waals surface area contributed by atoms with E-state index in [4.69, 9.17) is 18.9 Å². The Morgan fingerprint density at radius 3 is 2.30 bits per heavy atom. The summed E-state index contributed by atoms with van der Waals surface area (Å²) in [6.07, 6.45) is 3.31. The van der Waals surface area contributed by atoms with E-state index >= 15 is 0 Å². The lowest BCUT2D eigenvalue weighted by atomic mass is 9.88. The molecule has 0 aliphatic carbocycles. The standard InChI is InChI=1S/C33H30N2O5/c1-37-30-16-21-9-11-35-25-12-18-2-5-22(6-3-18)38-27-14-19(4-7-26(27)36)13-24-23-17-29-28(15-20(23)8-10-34-24)39-32(30)33(40-29)31(21)25/h2-7,14-17,24-25,34-36H,8-13H2,1H3/t24-,25-/m0/s1. The molecular formula is C33H30N2O5. The van der Waals surface area contributed by atoms with Crippen LogP contribution in [-0.2, 0) is 25.7 Å². The number of nitrogens with one attached hydrogen (secondary N) is 2. The maximum absolute atomic E-state index is 10.6. The van der Waals surface area contributed by atoms with Crippen LogP contribution in [0.4, 0.5) is 0 Å². The van der Waals surface area contributed by atoms with Crippen LogP contribution < -0.4 is 29.6 Å². The van der Waals surface area contributed by atoms with E-state index in [0.29, 0.717) is 23.0 Å². The minimum Gasteiger partial charge on any atom is -0.504 e. The topological polar surface area (TPSA) is 81.2 Å². The number of phenolic OH excluding ortho intramolecular Hbond substituents is 1. The van der Waals surface area contributed by atoms with Crippen LogP contribution in [-0.4, -0.2) is 25.3 Å². The van der Waals surface area contributed by atoms with Gasteiger partial charge in [-0.05, 0) is 109 Å². The van der Waals surface area contributed by atoms with Crippen molar-refractivity contribution in [1.82, 2.24) is 10.6 Å². The molecule has 5 heterocycles. The Labute approximate surface area is 232 Å². The van der Waals surface area contributed by atoms with Crippen molar-refractivity contribution in [1.29, 1.82) is 0 Å². The first kappa shape index (κ1) is 23.7. The van der Waals surface area contributed by atoms with Gasteiger partial charge in [0.05, 0.1) is 7.11 Å². The third kappa shape index (κ3) is 3.88. The highest BCUT2D eigenvalue weighted by molar-refractivity contribution is 5.67. The summed E-state index contributed by atoms with van der Waals surface area (Å²) >= 11 is 0. The Morgan fingerprint density at radius 1 is 0.725 bits per heavy atom. The zero-order valence-corrected chi connectivity index (χ0v) is 22.3. The Bertz CT molecular complexity index is 1650. The summed E-state index contributed by atoms with van der Waals surface area (Å²) in [6, 6.07) is 20.2. The van der Waals surface area contributed by atoms with Gasteiger partial charge in [-0.1, -0.05) is 18.2 Å². The van der Waals surface area contributed by atoms with Crippen molar-refractivity contribution in [2.45, 2.75) is 37.8 Å². The SMILES string of the molecule is COc1cc2c3c4c1Oc1cc5c(cc1O4)[C@H](Cc1ccc(O)c(c1)Oc1ccc(cc1)C[C@@H]3NCC2)NCC5. The van der Waals surface area contributed by atoms with E-state index < -0.39 is 0 Å². The zero-order valence-electron chi connectivity index (χ0n) is 22.3. The fourth-order valence-corrected chi connectivity index (χ4v) is 6.55. The van der Waals surface area contributed by atoms with Gasteiger partial charge in [-0.15, -0.1) is 0 Å². The van der Waals surface area contributed by atoms with Gasteiger partial charge < -0.3 is 34.7 Å². The van der Waals surface area contributed by atoms with Crippen molar-refractivity contribution in [3.8, 4) is 46.0 Å². The van der Waals surface area contributed by atoms with Crippen LogP contribution in [0.2, 0.25) is 0 Å². The molecule has 4 aromatic rings. The molecule has 4 aromatic carbocycles. The van der Waals surface area contributed by atoms with Crippen LogP contribution in [0.1, 0.15) is 45.5 Å². The minimum atomic E-state index is 0.0481. The number of ether oxygens (including phenoxy) is 4. The number of fused-ring (bicyclic) bond motifs is 2. The van der Waals surface area contributed by atoms with Crippen LogP contribution in [0.5, 0.6) is 46.0 Å². The maximum atomic E-state index is 10.6. The molecule has 7 heteroatoms. The molecule has 0 fully saturated rings. The third-order valence-corrected chi connectivity index (χ3v) is 8.52. The molecule has 7 bridgehead atoms. The highest BCUT2D eigenvalue weighted by atomic mass is 16.6. The number of methoxy groups -OCH3 is 1. The predicted octanol–water partition coefficient (Wildman–Crippen LogP) is 6.26. The molecule has 5 aliphatic rings. The van der Waals surface area contributed by atoms with E-state index in [1.165, 1.54) is 22.3 Å².